The summed E-state index contributed by atoms with van der Waals surface area (Å²) in [5.74, 6) is 0.592. The molecule has 0 radical (unpaired) electrons. The lowest BCUT2D eigenvalue weighted by molar-refractivity contribution is 0.487. The molecule has 2 aromatic rings. The maximum absolute atomic E-state index is 4.56. The van der Waals surface area contributed by atoms with Crippen molar-refractivity contribution in [2.45, 2.75) is 33.9 Å². The summed E-state index contributed by atoms with van der Waals surface area (Å²) in [6.45, 7) is 9.38. The van der Waals surface area contributed by atoms with Gasteiger partial charge in [0.2, 0.25) is 0 Å². The van der Waals surface area contributed by atoms with E-state index in [0.717, 1.165) is 19.6 Å². The Morgan fingerprint density at radius 1 is 1.21 bits per heavy atom. The second-order valence-electron chi connectivity index (χ2n) is 5.24. The molecule has 1 aromatic carbocycles. The fraction of sp³-hybridized carbons (Fsp3) is 0.438. The Labute approximate surface area is 115 Å². The van der Waals surface area contributed by atoms with Crippen LogP contribution in [0.25, 0.3) is 11.3 Å². The molecule has 102 valence electrons. The maximum Gasteiger partial charge on any atom is 0.0727 e. The second kappa shape index (κ2) is 6.53. The van der Waals surface area contributed by atoms with Crippen LogP contribution in [-0.4, -0.2) is 16.3 Å². The molecule has 0 saturated carbocycles. The second-order valence-corrected chi connectivity index (χ2v) is 5.24. The zero-order valence-corrected chi connectivity index (χ0v) is 12.1. The Hall–Kier alpha value is -1.61. The Morgan fingerprint density at radius 2 is 1.95 bits per heavy atom. The van der Waals surface area contributed by atoms with Crippen molar-refractivity contribution in [1.29, 1.82) is 0 Å². The van der Waals surface area contributed by atoms with Crippen molar-refractivity contribution in [3.8, 4) is 11.3 Å². The van der Waals surface area contributed by atoms with E-state index in [1.165, 1.54) is 16.8 Å². The van der Waals surface area contributed by atoms with Gasteiger partial charge in [-0.1, -0.05) is 51.1 Å². The number of benzene rings is 1. The molecule has 0 aliphatic heterocycles. The molecule has 0 bridgehead atoms. The Kier molecular flexibility index (Phi) is 4.74. The Morgan fingerprint density at radius 3 is 2.58 bits per heavy atom. The molecule has 1 N–H and O–H groups in total. The van der Waals surface area contributed by atoms with E-state index >= 15 is 0 Å². The molecular formula is C16H23N3. The van der Waals surface area contributed by atoms with E-state index in [2.05, 4.69) is 66.2 Å². The zero-order chi connectivity index (χ0) is 13.7. The average Bonchev–Trinajstić information content (AvgIpc) is 2.79. The minimum absolute atomic E-state index is 0.592. The van der Waals surface area contributed by atoms with Crippen LogP contribution in [-0.2, 0) is 13.1 Å². The van der Waals surface area contributed by atoms with Crippen molar-refractivity contribution in [2.24, 2.45) is 5.92 Å². The van der Waals surface area contributed by atoms with E-state index in [9.17, 15) is 0 Å². The highest BCUT2D eigenvalue weighted by atomic mass is 15.3. The number of nitrogens with zero attached hydrogens (tertiary/aromatic N) is 2. The van der Waals surface area contributed by atoms with Gasteiger partial charge in [-0.3, -0.25) is 4.68 Å². The normalized spacial score (nSPS) is 11.2. The van der Waals surface area contributed by atoms with Gasteiger partial charge in [0.15, 0.2) is 0 Å². The molecule has 0 aliphatic carbocycles. The highest BCUT2D eigenvalue weighted by molar-refractivity contribution is 5.63. The first-order valence-corrected chi connectivity index (χ1v) is 7.03. The standard InChI is InChI=1S/C16H23N3/c1-4-17-10-15-11-18-19(12-13(2)3)16(15)14-8-6-5-7-9-14/h5-9,11,13,17H,4,10,12H2,1-3H3. The number of nitrogens with one attached hydrogen (secondary N) is 1. The number of hydrogen-bond donors (Lipinski definition) is 1. The van der Waals surface area contributed by atoms with Gasteiger partial charge in [-0.05, 0) is 12.5 Å². The van der Waals surface area contributed by atoms with Crippen LogP contribution in [0.2, 0.25) is 0 Å². The summed E-state index contributed by atoms with van der Waals surface area (Å²) >= 11 is 0. The van der Waals surface area contributed by atoms with Gasteiger partial charge < -0.3 is 5.32 Å². The molecule has 0 aliphatic rings. The van der Waals surface area contributed by atoms with E-state index in [1.54, 1.807) is 0 Å². The first-order chi connectivity index (χ1) is 9.22. The average molecular weight is 257 g/mol. The van der Waals surface area contributed by atoms with Gasteiger partial charge in [0, 0.05) is 24.2 Å². The summed E-state index contributed by atoms with van der Waals surface area (Å²) in [4.78, 5) is 0. The third kappa shape index (κ3) is 3.44. The van der Waals surface area contributed by atoms with Gasteiger partial charge in [0.05, 0.1) is 11.9 Å². The monoisotopic (exact) mass is 257 g/mol. The molecule has 2 rings (SSSR count). The molecule has 1 heterocycles. The highest BCUT2D eigenvalue weighted by Gasteiger charge is 2.13. The van der Waals surface area contributed by atoms with Gasteiger partial charge in [-0.25, -0.2) is 0 Å². The van der Waals surface area contributed by atoms with Crippen molar-refractivity contribution in [1.82, 2.24) is 15.1 Å². The predicted octanol–water partition coefficient (Wildman–Crippen LogP) is 3.32. The zero-order valence-electron chi connectivity index (χ0n) is 12.1. The molecule has 0 atom stereocenters. The predicted molar refractivity (Wildman–Crippen MR) is 79.9 cm³/mol. The number of hydrogen-bond acceptors (Lipinski definition) is 2. The molecule has 0 amide bonds. The van der Waals surface area contributed by atoms with Crippen LogP contribution < -0.4 is 5.32 Å². The maximum atomic E-state index is 4.56. The fourth-order valence-corrected chi connectivity index (χ4v) is 2.23. The third-order valence-corrected chi connectivity index (χ3v) is 3.07. The largest absolute Gasteiger partial charge is 0.313 e. The first kappa shape index (κ1) is 13.8. The van der Waals surface area contributed by atoms with E-state index in [0.29, 0.717) is 5.92 Å². The Bertz CT molecular complexity index is 500. The van der Waals surface area contributed by atoms with Crippen LogP contribution in [0, 0.1) is 5.92 Å². The van der Waals surface area contributed by atoms with Crippen LogP contribution in [0.15, 0.2) is 36.5 Å². The van der Waals surface area contributed by atoms with E-state index in [1.807, 2.05) is 6.20 Å². The van der Waals surface area contributed by atoms with Crippen LogP contribution in [0.4, 0.5) is 0 Å². The lowest BCUT2D eigenvalue weighted by Gasteiger charge is -2.12. The molecule has 3 nitrogen and oxygen atoms in total. The molecule has 0 spiro atoms. The van der Waals surface area contributed by atoms with Gasteiger partial charge in [-0.15, -0.1) is 0 Å². The lowest BCUT2D eigenvalue weighted by Crippen LogP contribution is -2.13. The quantitative estimate of drug-likeness (QED) is 0.860. The van der Waals surface area contributed by atoms with Crippen LogP contribution in [0.3, 0.4) is 0 Å². The molecule has 1 aromatic heterocycles. The van der Waals surface area contributed by atoms with Crippen molar-refractivity contribution in [2.75, 3.05) is 6.54 Å². The summed E-state index contributed by atoms with van der Waals surface area (Å²) in [5.41, 5.74) is 3.76. The summed E-state index contributed by atoms with van der Waals surface area (Å²) in [6.07, 6.45) is 1.99. The SMILES string of the molecule is CCNCc1cnn(CC(C)C)c1-c1ccccc1. The fourth-order valence-electron chi connectivity index (χ4n) is 2.23. The molecular weight excluding hydrogens is 234 g/mol. The third-order valence-electron chi connectivity index (χ3n) is 3.07. The van der Waals surface area contributed by atoms with Crippen LogP contribution >= 0.6 is 0 Å². The van der Waals surface area contributed by atoms with E-state index in [4.69, 9.17) is 0 Å². The Balaban J connectivity index is 2.38. The summed E-state index contributed by atoms with van der Waals surface area (Å²) in [5, 5.41) is 7.95. The smallest absolute Gasteiger partial charge is 0.0727 e. The van der Waals surface area contributed by atoms with Gasteiger partial charge in [-0.2, -0.15) is 5.10 Å². The molecule has 19 heavy (non-hydrogen) atoms. The van der Waals surface area contributed by atoms with Crippen molar-refractivity contribution in [3.05, 3.63) is 42.1 Å². The van der Waals surface area contributed by atoms with Crippen LogP contribution in [0.1, 0.15) is 26.3 Å². The summed E-state index contributed by atoms with van der Waals surface area (Å²) in [6, 6.07) is 10.5. The van der Waals surface area contributed by atoms with Gasteiger partial charge in [0.1, 0.15) is 0 Å². The topological polar surface area (TPSA) is 29.9 Å². The summed E-state index contributed by atoms with van der Waals surface area (Å²) < 4.78 is 2.13. The number of aromatic nitrogens is 2. The molecule has 0 saturated heterocycles. The minimum Gasteiger partial charge on any atom is -0.313 e. The minimum atomic E-state index is 0.592. The van der Waals surface area contributed by atoms with Crippen LogP contribution in [0.5, 0.6) is 0 Å². The van der Waals surface area contributed by atoms with Crippen molar-refractivity contribution in [3.63, 3.8) is 0 Å². The van der Waals surface area contributed by atoms with E-state index in [-0.39, 0.29) is 0 Å². The van der Waals surface area contributed by atoms with Crippen molar-refractivity contribution < 1.29 is 0 Å². The summed E-state index contributed by atoms with van der Waals surface area (Å²) in [7, 11) is 0. The van der Waals surface area contributed by atoms with Gasteiger partial charge in [0.25, 0.3) is 0 Å². The number of rotatable bonds is 6. The molecule has 3 heteroatoms. The van der Waals surface area contributed by atoms with Crippen molar-refractivity contribution >= 4 is 0 Å². The first-order valence-electron chi connectivity index (χ1n) is 7.03. The highest BCUT2D eigenvalue weighted by Crippen LogP contribution is 2.24. The molecule has 0 fully saturated rings. The lowest BCUT2D eigenvalue weighted by atomic mass is 10.1. The van der Waals surface area contributed by atoms with E-state index < -0.39 is 0 Å². The molecule has 0 unspecified atom stereocenters. The van der Waals surface area contributed by atoms with Gasteiger partial charge >= 0.3 is 0 Å².